The first-order chi connectivity index (χ1) is 12.2. The molecule has 0 amide bonds. The van der Waals surface area contributed by atoms with E-state index in [0.29, 0.717) is 18.0 Å². The van der Waals surface area contributed by atoms with E-state index in [1.54, 1.807) is 18.5 Å². The molecule has 1 aliphatic heterocycles. The van der Waals surface area contributed by atoms with E-state index in [2.05, 4.69) is 36.7 Å². The zero-order valence-electron chi connectivity index (χ0n) is 14.6. The lowest BCUT2D eigenvalue weighted by atomic mass is 9.80. The number of nitrogens with zero attached hydrogens (tertiary/aromatic N) is 6. The van der Waals surface area contributed by atoms with Crippen LogP contribution >= 0.6 is 0 Å². The number of aromatic nitrogens is 5. The molecule has 8 heteroatoms. The fourth-order valence-electron chi connectivity index (χ4n) is 3.62. The van der Waals surface area contributed by atoms with Gasteiger partial charge in [-0.2, -0.15) is 0 Å². The fraction of sp³-hybridized carbons (Fsp3) is 0.647. The van der Waals surface area contributed by atoms with Gasteiger partial charge in [0.25, 0.3) is 0 Å². The number of hydrogen-bond acceptors (Lipinski definition) is 7. The number of ether oxygens (including phenoxy) is 1. The summed E-state index contributed by atoms with van der Waals surface area (Å²) >= 11 is 0. The zero-order valence-corrected chi connectivity index (χ0v) is 14.6. The van der Waals surface area contributed by atoms with Gasteiger partial charge in [0.2, 0.25) is 0 Å². The van der Waals surface area contributed by atoms with Gasteiger partial charge in [0.15, 0.2) is 0 Å². The van der Waals surface area contributed by atoms with Crippen LogP contribution in [-0.4, -0.2) is 54.9 Å². The van der Waals surface area contributed by atoms with Crippen LogP contribution in [0, 0.1) is 0 Å². The van der Waals surface area contributed by atoms with Gasteiger partial charge in [0.1, 0.15) is 17.8 Å². The highest BCUT2D eigenvalue weighted by Gasteiger charge is 2.32. The maximum absolute atomic E-state index is 5.89. The molecular weight excluding hydrogens is 318 g/mol. The highest BCUT2D eigenvalue weighted by Crippen LogP contribution is 2.34. The quantitative estimate of drug-likeness (QED) is 0.860. The van der Waals surface area contributed by atoms with Gasteiger partial charge in [-0.05, 0) is 31.7 Å². The topological polar surface area (TPSA) is 95.0 Å². The van der Waals surface area contributed by atoms with Crippen molar-refractivity contribution in [2.75, 3.05) is 13.1 Å². The molecule has 0 atom stereocenters. The van der Waals surface area contributed by atoms with Crippen molar-refractivity contribution in [1.82, 2.24) is 29.6 Å². The minimum atomic E-state index is 0.185. The lowest BCUT2D eigenvalue weighted by Gasteiger charge is -2.32. The summed E-state index contributed by atoms with van der Waals surface area (Å²) in [5.41, 5.74) is 5.89. The summed E-state index contributed by atoms with van der Waals surface area (Å²) in [6.45, 7) is 2.79. The molecule has 2 fully saturated rings. The Balaban J connectivity index is 1.29. The van der Waals surface area contributed by atoms with Gasteiger partial charge in [-0.3, -0.25) is 4.90 Å². The van der Waals surface area contributed by atoms with E-state index in [9.17, 15) is 0 Å². The molecule has 0 unspecified atom stereocenters. The predicted octanol–water partition coefficient (Wildman–Crippen LogP) is 0.853. The lowest BCUT2D eigenvalue weighted by Crippen LogP contribution is -2.38. The van der Waals surface area contributed by atoms with Crippen molar-refractivity contribution in [3.63, 3.8) is 0 Å². The second-order valence-electron chi connectivity index (χ2n) is 7.09. The van der Waals surface area contributed by atoms with Gasteiger partial charge in [0, 0.05) is 44.5 Å². The van der Waals surface area contributed by atoms with Crippen LogP contribution in [0.1, 0.15) is 43.3 Å². The van der Waals surface area contributed by atoms with Crippen molar-refractivity contribution in [2.24, 2.45) is 12.8 Å². The van der Waals surface area contributed by atoms with E-state index in [1.165, 1.54) is 0 Å². The molecule has 3 heterocycles. The number of likely N-dealkylation sites (tertiary alicyclic amines) is 1. The molecule has 2 aromatic rings. The van der Waals surface area contributed by atoms with Gasteiger partial charge in [0.05, 0.1) is 6.54 Å². The van der Waals surface area contributed by atoms with Crippen molar-refractivity contribution >= 4 is 0 Å². The smallest absolute Gasteiger partial charge is 0.316 e. The number of rotatable bonds is 5. The molecule has 0 radical (unpaired) electrons. The van der Waals surface area contributed by atoms with Gasteiger partial charge in [-0.1, -0.05) is 0 Å². The van der Waals surface area contributed by atoms with Crippen molar-refractivity contribution in [1.29, 1.82) is 0 Å². The lowest BCUT2D eigenvalue weighted by molar-refractivity contribution is 0.0874. The second-order valence-corrected chi connectivity index (χ2v) is 7.09. The van der Waals surface area contributed by atoms with Crippen LogP contribution in [0.25, 0.3) is 0 Å². The summed E-state index contributed by atoms with van der Waals surface area (Å²) in [6.07, 6.45) is 7.59. The van der Waals surface area contributed by atoms with E-state index in [1.807, 2.05) is 0 Å². The molecule has 4 rings (SSSR count). The largest absolute Gasteiger partial charge is 0.460 e. The summed E-state index contributed by atoms with van der Waals surface area (Å²) < 4.78 is 8.00. The predicted molar refractivity (Wildman–Crippen MR) is 91.9 cm³/mol. The molecule has 0 bridgehead atoms. The average molecular weight is 343 g/mol. The number of nitrogens with two attached hydrogens (primary N) is 1. The second kappa shape index (κ2) is 7.05. The van der Waals surface area contributed by atoms with Crippen LogP contribution in [0.15, 0.2) is 18.5 Å². The minimum Gasteiger partial charge on any atom is -0.460 e. The van der Waals surface area contributed by atoms with Gasteiger partial charge >= 0.3 is 6.01 Å². The van der Waals surface area contributed by atoms with E-state index in [4.69, 9.17) is 10.5 Å². The van der Waals surface area contributed by atoms with Crippen molar-refractivity contribution in [2.45, 2.75) is 50.3 Å². The molecule has 1 saturated carbocycles. The van der Waals surface area contributed by atoms with Gasteiger partial charge in [-0.15, -0.1) is 10.2 Å². The van der Waals surface area contributed by atoms with Gasteiger partial charge in [-0.25, -0.2) is 9.97 Å². The first-order valence-electron chi connectivity index (χ1n) is 8.99. The molecule has 134 valence electrons. The molecule has 0 aromatic carbocycles. The van der Waals surface area contributed by atoms with Crippen LogP contribution in [0.5, 0.6) is 6.01 Å². The average Bonchev–Trinajstić information content (AvgIpc) is 2.95. The van der Waals surface area contributed by atoms with Crippen molar-refractivity contribution in [3.8, 4) is 6.01 Å². The van der Waals surface area contributed by atoms with Crippen LogP contribution < -0.4 is 10.5 Å². The SMILES string of the molecule is Cn1c(CN2CCC(Oc3ncccn3)CC2)nnc1C1CC(N)C1. The van der Waals surface area contributed by atoms with Gasteiger partial charge < -0.3 is 15.0 Å². The Labute approximate surface area is 147 Å². The first-order valence-corrected chi connectivity index (χ1v) is 8.99. The molecule has 1 aliphatic carbocycles. The Morgan fingerprint density at radius 2 is 1.88 bits per heavy atom. The van der Waals surface area contributed by atoms with Crippen molar-refractivity contribution < 1.29 is 4.74 Å². The first kappa shape index (κ1) is 16.4. The van der Waals surface area contributed by atoms with Crippen LogP contribution in [0.4, 0.5) is 0 Å². The molecule has 25 heavy (non-hydrogen) atoms. The molecule has 2 N–H and O–H groups in total. The normalized spacial score (nSPS) is 24.9. The van der Waals surface area contributed by atoms with Crippen molar-refractivity contribution in [3.05, 3.63) is 30.1 Å². The third-order valence-electron chi connectivity index (χ3n) is 5.25. The maximum atomic E-state index is 5.89. The highest BCUT2D eigenvalue weighted by atomic mass is 16.5. The van der Waals surface area contributed by atoms with E-state index in [-0.39, 0.29) is 6.10 Å². The standard InChI is InChI=1S/C17H25N7O/c1-23-15(21-22-16(23)12-9-13(18)10-12)11-24-7-3-14(4-8-24)25-17-19-5-2-6-20-17/h2,5-6,12-14H,3-4,7-11,18H2,1H3. The molecule has 8 nitrogen and oxygen atoms in total. The highest BCUT2D eigenvalue weighted by molar-refractivity contribution is 5.08. The van der Waals surface area contributed by atoms with Crippen LogP contribution in [0.3, 0.4) is 0 Å². The Morgan fingerprint density at radius 1 is 1.16 bits per heavy atom. The number of piperidine rings is 1. The minimum absolute atomic E-state index is 0.185. The number of hydrogen-bond donors (Lipinski definition) is 1. The van der Waals surface area contributed by atoms with E-state index in [0.717, 1.165) is 57.0 Å². The molecule has 1 saturated heterocycles. The molecule has 2 aromatic heterocycles. The van der Waals surface area contributed by atoms with E-state index < -0.39 is 0 Å². The molecular formula is C17H25N7O. The molecule has 2 aliphatic rings. The third-order valence-corrected chi connectivity index (χ3v) is 5.25. The third kappa shape index (κ3) is 3.64. The summed E-state index contributed by atoms with van der Waals surface area (Å²) in [4.78, 5) is 10.7. The Morgan fingerprint density at radius 3 is 2.56 bits per heavy atom. The van der Waals surface area contributed by atoms with Crippen LogP contribution in [-0.2, 0) is 13.6 Å². The summed E-state index contributed by atoms with van der Waals surface area (Å²) in [7, 11) is 2.07. The summed E-state index contributed by atoms with van der Waals surface area (Å²) in [5, 5.41) is 8.80. The Hall–Kier alpha value is -2.06. The zero-order chi connectivity index (χ0) is 17.2. The summed E-state index contributed by atoms with van der Waals surface area (Å²) in [6, 6.07) is 2.59. The fourth-order valence-corrected chi connectivity index (χ4v) is 3.62. The van der Waals surface area contributed by atoms with Crippen LogP contribution in [0.2, 0.25) is 0 Å². The molecule has 0 spiro atoms. The van der Waals surface area contributed by atoms with E-state index >= 15 is 0 Å². The maximum Gasteiger partial charge on any atom is 0.316 e. The Kier molecular flexibility index (Phi) is 4.63. The summed E-state index contributed by atoms with van der Waals surface area (Å²) in [5.74, 6) is 2.59. The monoisotopic (exact) mass is 343 g/mol. The Bertz CT molecular complexity index is 690.